The zero-order chi connectivity index (χ0) is 15.7. The molecule has 1 saturated heterocycles. The van der Waals surface area contributed by atoms with E-state index in [2.05, 4.69) is 39.9 Å². The number of carbonyl (C=O) groups excluding carboxylic acids is 1. The van der Waals surface area contributed by atoms with Crippen molar-refractivity contribution in [3.63, 3.8) is 0 Å². The summed E-state index contributed by atoms with van der Waals surface area (Å²) in [5, 5.41) is 0. The first-order valence-electron chi connectivity index (χ1n) is 8.34. The van der Waals surface area contributed by atoms with Crippen LogP contribution < -0.4 is 5.73 Å². The van der Waals surface area contributed by atoms with E-state index in [0.717, 1.165) is 43.1 Å². The highest BCUT2D eigenvalue weighted by molar-refractivity contribution is 9.10. The van der Waals surface area contributed by atoms with Gasteiger partial charge in [-0.05, 0) is 56.3 Å². The van der Waals surface area contributed by atoms with Gasteiger partial charge in [-0.2, -0.15) is 0 Å². The molecule has 3 rings (SSSR count). The van der Waals surface area contributed by atoms with Crippen molar-refractivity contribution >= 4 is 34.2 Å². The average molecular weight is 402 g/mol. The van der Waals surface area contributed by atoms with Crippen LogP contribution in [0.5, 0.6) is 0 Å². The SMILES string of the molecule is CC1CC(CN)CN1C(=O)C1(c2cccc(Br)c2)CCCC1.Cl. The van der Waals surface area contributed by atoms with Gasteiger partial charge in [0.05, 0.1) is 5.41 Å². The zero-order valence-electron chi connectivity index (χ0n) is 13.6. The standard InChI is InChI=1S/C18H25BrN2O.ClH/c1-13-9-14(11-20)12-21(13)17(22)18(7-2-3-8-18)15-5-4-6-16(19)10-15;/h4-6,10,13-14H,2-3,7-9,11-12,20H2,1H3;1H. The van der Waals surface area contributed by atoms with E-state index in [0.29, 0.717) is 24.4 Å². The summed E-state index contributed by atoms with van der Waals surface area (Å²) in [4.78, 5) is 15.5. The lowest BCUT2D eigenvalue weighted by molar-refractivity contribution is -0.138. The molecule has 5 heteroatoms. The molecule has 1 aromatic rings. The molecule has 2 aliphatic rings. The van der Waals surface area contributed by atoms with Crippen LogP contribution in [-0.2, 0) is 10.2 Å². The summed E-state index contributed by atoms with van der Waals surface area (Å²) in [6, 6.07) is 8.63. The van der Waals surface area contributed by atoms with Crippen LogP contribution in [0.4, 0.5) is 0 Å². The van der Waals surface area contributed by atoms with E-state index in [1.807, 2.05) is 12.1 Å². The number of amides is 1. The number of halogens is 2. The minimum atomic E-state index is -0.318. The summed E-state index contributed by atoms with van der Waals surface area (Å²) < 4.78 is 1.05. The Morgan fingerprint density at radius 1 is 1.39 bits per heavy atom. The molecular weight excluding hydrogens is 376 g/mol. The molecule has 0 aromatic heterocycles. The van der Waals surface area contributed by atoms with Gasteiger partial charge in [0.2, 0.25) is 5.91 Å². The highest BCUT2D eigenvalue weighted by Gasteiger charge is 2.47. The molecule has 1 heterocycles. The summed E-state index contributed by atoms with van der Waals surface area (Å²) >= 11 is 3.56. The van der Waals surface area contributed by atoms with E-state index >= 15 is 0 Å². The molecule has 0 bridgehead atoms. The summed E-state index contributed by atoms with van der Waals surface area (Å²) in [7, 11) is 0. The minimum Gasteiger partial charge on any atom is -0.339 e. The first-order chi connectivity index (χ1) is 10.6. The second-order valence-electron chi connectivity index (χ2n) is 6.94. The Bertz CT molecular complexity index is 560. The Balaban J connectivity index is 0.00000192. The molecule has 0 radical (unpaired) electrons. The fourth-order valence-electron chi connectivity index (χ4n) is 4.26. The van der Waals surface area contributed by atoms with Crippen LogP contribution in [0.2, 0.25) is 0 Å². The maximum absolute atomic E-state index is 13.4. The van der Waals surface area contributed by atoms with Crippen LogP contribution in [0.1, 0.15) is 44.6 Å². The Morgan fingerprint density at radius 2 is 2.09 bits per heavy atom. The van der Waals surface area contributed by atoms with Crippen LogP contribution in [0.25, 0.3) is 0 Å². The number of hydrogen-bond donors (Lipinski definition) is 1. The van der Waals surface area contributed by atoms with Crippen molar-refractivity contribution in [2.45, 2.75) is 50.5 Å². The molecular formula is C18H26BrClN2O. The first kappa shape index (κ1) is 18.8. The molecule has 1 saturated carbocycles. The van der Waals surface area contributed by atoms with Gasteiger partial charge in [-0.3, -0.25) is 4.79 Å². The highest BCUT2D eigenvalue weighted by atomic mass is 79.9. The van der Waals surface area contributed by atoms with Crippen molar-refractivity contribution in [3.05, 3.63) is 34.3 Å². The molecule has 2 atom stereocenters. The van der Waals surface area contributed by atoms with Gasteiger partial charge in [0.1, 0.15) is 0 Å². The highest BCUT2D eigenvalue weighted by Crippen LogP contribution is 2.44. The van der Waals surface area contributed by atoms with E-state index < -0.39 is 0 Å². The molecule has 3 nitrogen and oxygen atoms in total. The third kappa shape index (κ3) is 3.45. The van der Waals surface area contributed by atoms with Crippen LogP contribution in [-0.4, -0.2) is 29.9 Å². The predicted octanol–water partition coefficient (Wildman–Crippen LogP) is 3.88. The van der Waals surface area contributed by atoms with Gasteiger partial charge in [0.15, 0.2) is 0 Å². The maximum atomic E-state index is 13.4. The van der Waals surface area contributed by atoms with Crippen LogP contribution in [0.15, 0.2) is 28.7 Å². The van der Waals surface area contributed by atoms with Crippen molar-refractivity contribution < 1.29 is 4.79 Å². The fraction of sp³-hybridized carbons (Fsp3) is 0.611. The normalized spacial score (nSPS) is 26.1. The molecule has 1 amide bonds. The largest absolute Gasteiger partial charge is 0.339 e. The number of likely N-dealkylation sites (tertiary alicyclic amines) is 1. The molecule has 23 heavy (non-hydrogen) atoms. The Hall–Kier alpha value is -0.580. The van der Waals surface area contributed by atoms with E-state index in [9.17, 15) is 4.79 Å². The van der Waals surface area contributed by atoms with Gasteiger partial charge in [-0.15, -0.1) is 12.4 Å². The smallest absolute Gasteiger partial charge is 0.233 e. The van der Waals surface area contributed by atoms with Crippen LogP contribution in [0.3, 0.4) is 0 Å². The topological polar surface area (TPSA) is 46.3 Å². The summed E-state index contributed by atoms with van der Waals surface area (Å²) in [6.45, 7) is 3.67. The number of nitrogens with zero attached hydrogens (tertiary/aromatic N) is 1. The second-order valence-corrected chi connectivity index (χ2v) is 7.86. The quantitative estimate of drug-likeness (QED) is 0.835. The zero-order valence-corrected chi connectivity index (χ0v) is 16.0. The summed E-state index contributed by atoms with van der Waals surface area (Å²) in [5.74, 6) is 0.784. The Kier molecular flexibility index (Phi) is 6.15. The summed E-state index contributed by atoms with van der Waals surface area (Å²) in [5.41, 5.74) is 6.69. The summed E-state index contributed by atoms with van der Waals surface area (Å²) in [6.07, 6.45) is 5.26. The fourth-order valence-corrected chi connectivity index (χ4v) is 4.66. The molecule has 2 unspecified atom stereocenters. The lowest BCUT2D eigenvalue weighted by Crippen LogP contribution is -2.47. The first-order valence-corrected chi connectivity index (χ1v) is 9.13. The number of hydrogen-bond acceptors (Lipinski definition) is 2. The van der Waals surface area contributed by atoms with Gasteiger partial charge in [-0.25, -0.2) is 0 Å². The molecule has 1 aromatic carbocycles. The lowest BCUT2D eigenvalue weighted by atomic mass is 9.77. The van der Waals surface area contributed by atoms with Crippen molar-refractivity contribution in [3.8, 4) is 0 Å². The molecule has 2 fully saturated rings. The van der Waals surface area contributed by atoms with Crippen molar-refractivity contribution in [1.82, 2.24) is 4.90 Å². The number of benzene rings is 1. The van der Waals surface area contributed by atoms with Crippen molar-refractivity contribution in [2.24, 2.45) is 11.7 Å². The van der Waals surface area contributed by atoms with E-state index in [1.165, 1.54) is 5.56 Å². The Labute approximate surface area is 153 Å². The number of rotatable bonds is 3. The van der Waals surface area contributed by atoms with Gasteiger partial charge in [0.25, 0.3) is 0 Å². The molecule has 2 N–H and O–H groups in total. The number of nitrogens with two attached hydrogens (primary N) is 1. The third-order valence-electron chi connectivity index (χ3n) is 5.50. The van der Waals surface area contributed by atoms with Crippen molar-refractivity contribution in [2.75, 3.05) is 13.1 Å². The lowest BCUT2D eigenvalue weighted by Gasteiger charge is -2.35. The van der Waals surface area contributed by atoms with Gasteiger partial charge >= 0.3 is 0 Å². The van der Waals surface area contributed by atoms with E-state index in [-0.39, 0.29) is 17.8 Å². The molecule has 1 aliphatic heterocycles. The maximum Gasteiger partial charge on any atom is 0.233 e. The molecule has 128 valence electrons. The molecule has 1 aliphatic carbocycles. The monoisotopic (exact) mass is 400 g/mol. The van der Waals surface area contributed by atoms with E-state index in [1.54, 1.807) is 0 Å². The van der Waals surface area contributed by atoms with Crippen molar-refractivity contribution in [1.29, 1.82) is 0 Å². The minimum absolute atomic E-state index is 0. The van der Waals surface area contributed by atoms with Gasteiger partial charge in [0, 0.05) is 17.1 Å². The van der Waals surface area contributed by atoms with Crippen LogP contribution in [0, 0.1) is 5.92 Å². The van der Waals surface area contributed by atoms with Crippen LogP contribution >= 0.6 is 28.3 Å². The second kappa shape index (κ2) is 7.54. The van der Waals surface area contributed by atoms with E-state index in [4.69, 9.17) is 5.73 Å². The predicted molar refractivity (Wildman–Crippen MR) is 99.9 cm³/mol. The Morgan fingerprint density at radius 3 is 2.65 bits per heavy atom. The number of carbonyl (C=O) groups is 1. The third-order valence-corrected chi connectivity index (χ3v) is 5.99. The average Bonchev–Trinajstić information content (AvgIpc) is 3.14. The molecule has 0 spiro atoms. The van der Waals surface area contributed by atoms with Gasteiger partial charge < -0.3 is 10.6 Å². The van der Waals surface area contributed by atoms with Gasteiger partial charge in [-0.1, -0.05) is 40.9 Å².